The molecule has 1 rings (SSSR count). The molecular formula is C11H13NaO3S. The van der Waals surface area contributed by atoms with Crippen LogP contribution in [0.1, 0.15) is 5.56 Å². The van der Waals surface area contributed by atoms with E-state index in [1.165, 1.54) is 0 Å². The van der Waals surface area contributed by atoms with Gasteiger partial charge in [0.1, 0.15) is 0 Å². The molecule has 1 aromatic rings. The SMILES string of the molecule is O=C(O)Cc1ccc(SCC(O)[CH2][Na])cc1. The minimum absolute atomic E-state index is 0.0636. The molecule has 3 nitrogen and oxygen atoms in total. The van der Waals surface area contributed by atoms with Crippen LogP contribution in [0.15, 0.2) is 29.2 Å². The van der Waals surface area contributed by atoms with Crippen molar-refractivity contribution < 1.29 is 15.0 Å². The summed E-state index contributed by atoms with van der Waals surface area (Å²) < 4.78 is 0.893. The van der Waals surface area contributed by atoms with E-state index in [1.54, 1.807) is 11.8 Å². The molecule has 82 valence electrons. The van der Waals surface area contributed by atoms with Gasteiger partial charge in [0.15, 0.2) is 0 Å². The van der Waals surface area contributed by atoms with Gasteiger partial charge in [-0.05, 0) is 0 Å². The summed E-state index contributed by atoms with van der Waals surface area (Å²) in [6.45, 7) is 0. The summed E-state index contributed by atoms with van der Waals surface area (Å²) >= 11 is 2.62. The second-order valence-corrected chi connectivity index (χ2v) is 5.50. The zero-order chi connectivity index (χ0) is 12.0. The topological polar surface area (TPSA) is 57.5 Å². The second-order valence-electron chi connectivity index (χ2n) is 3.59. The first-order chi connectivity index (χ1) is 7.61. The molecule has 5 heteroatoms. The standard InChI is InChI=1S/C11H13O3S.Na/c1-8(12)7-15-10-4-2-9(3-5-10)6-11(13)14;/h2-5,8,12H,1,6-7H2,(H,13,14);. The quantitative estimate of drug-likeness (QED) is 0.589. The molecule has 0 aliphatic heterocycles. The summed E-state index contributed by atoms with van der Waals surface area (Å²) in [7, 11) is 0. The van der Waals surface area contributed by atoms with Crippen LogP contribution in [0.4, 0.5) is 0 Å². The predicted molar refractivity (Wildman–Crippen MR) is 65.1 cm³/mol. The number of thioether (sulfide) groups is 1. The first-order valence-electron chi connectivity index (χ1n) is 5.23. The molecule has 0 aromatic heterocycles. The van der Waals surface area contributed by atoms with Gasteiger partial charge in [0.2, 0.25) is 0 Å². The fraction of sp³-hybridized carbons (Fsp3) is 0.364. The Morgan fingerprint density at radius 3 is 2.50 bits per heavy atom. The summed E-state index contributed by atoms with van der Waals surface area (Å²) in [5, 5.41) is 18.0. The molecule has 1 aromatic carbocycles. The van der Waals surface area contributed by atoms with Gasteiger partial charge in [0.25, 0.3) is 0 Å². The van der Waals surface area contributed by atoms with Crippen molar-refractivity contribution in [2.45, 2.75) is 21.1 Å². The van der Waals surface area contributed by atoms with Crippen molar-refractivity contribution in [3.63, 3.8) is 0 Å². The Labute approximate surface area is 117 Å². The molecular weight excluding hydrogens is 235 g/mol. The fourth-order valence-corrected chi connectivity index (χ4v) is 2.84. The Morgan fingerprint density at radius 1 is 1.38 bits per heavy atom. The molecule has 1 unspecified atom stereocenters. The van der Waals surface area contributed by atoms with Crippen LogP contribution in [0.2, 0.25) is 3.67 Å². The molecule has 16 heavy (non-hydrogen) atoms. The molecule has 0 aliphatic carbocycles. The monoisotopic (exact) mass is 248 g/mol. The number of carbonyl (C=O) groups is 1. The number of aliphatic hydroxyl groups excluding tert-OH is 1. The summed E-state index contributed by atoms with van der Waals surface area (Å²) in [4.78, 5) is 11.5. The van der Waals surface area contributed by atoms with Crippen molar-refractivity contribution >= 4 is 45.7 Å². The van der Waals surface area contributed by atoms with Crippen LogP contribution in [0.25, 0.3) is 0 Å². The van der Waals surface area contributed by atoms with Crippen LogP contribution in [-0.2, 0) is 11.2 Å². The van der Waals surface area contributed by atoms with Crippen molar-refractivity contribution in [2.75, 3.05) is 5.75 Å². The Bertz CT molecular complexity index is 340. The zero-order valence-corrected chi connectivity index (χ0v) is 12.0. The molecule has 0 radical (unpaired) electrons. The molecule has 0 saturated heterocycles. The van der Waals surface area contributed by atoms with Crippen molar-refractivity contribution in [1.29, 1.82) is 0 Å². The molecule has 0 bridgehead atoms. The summed E-state index contributed by atoms with van der Waals surface area (Å²) in [5.41, 5.74) is 0.806. The summed E-state index contributed by atoms with van der Waals surface area (Å²) in [5.74, 6) is -0.103. The van der Waals surface area contributed by atoms with Crippen molar-refractivity contribution in [3.8, 4) is 0 Å². The zero-order valence-electron chi connectivity index (χ0n) is 9.22. The second kappa shape index (κ2) is 7.35. The van der Waals surface area contributed by atoms with Gasteiger partial charge in [-0.25, -0.2) is 0 Å². The number of hydrogen-bond acceptors (Lipinski definition) is 3. The van der Waals surface area contributed by atoms with Gasteiger partial charge in [-0.1, -0.05) is 0 Å². The van der Waals surface area contributed by atoms with Crippen LogP contribution in [-0.4, -0.2) is 56.0 Å². The fourth-order valence-electron chi connectivity index (χ4n) is 1.19. The molecule has 0 amide bonds. The Morgan fingerprint density at radius 2 is 2.00 bits per heavy atom. The molecule has 0 aliphatic rings. The van der Waals surface area contributed by atoms with Gasteiger partial charge >= 0.3 is 117 Å². The van der Waals surface area contributed by atoms with E-state index >= 15 is 0 Å². The number of rotatable bonds is 6. The van der Waals surface area contributed by atoms with Crippen LogP contribution >= 0.6 is 11.8 Å². The average molecular weight is 248 g/mol. The molecule has 1 atom stereocenters. The van der Waals surface area contributed by atoms with E-state index < -0.39 is 5.97 Å². The van der Waals surface area contributed by atoms with Crippen LogP contribution < -0.4 is 0 Å². The van der Waals surface area contributed by atoms with Crippen LogP contribution in [0.5, 0.6) is 0 Å². The minimum atomic E-state index is -0.813. The molecule has 0 spiro atoms. The Hall–Kier alpha value is -0.000000000000000111. The van der Waals surface area contributed by atoms with Crippen molar-refractivity contribution in [2.24, 2.45) is 0 Å². The first kappa shape index (κ1) is 14.1. The van der Waals surface area contributed by atoms with Crippen molar-refractivity contribution in [1.82, 2.24) is 0 Å². The summed E-state index contributed by atoms with van der Waals surface area (Å²) in [6, 6.07) is 7.46. The third kappa shape index (κ3) is 5.37. The van der Waals surface area contributed by atoms with Gasteiger partial charge in [-0.3, -0.25) is 0 Å². The van der Waals surface area contributed by atoms with E-state index in [9.17, 15) is 9.90 Å². The van der Waals surface area contributed by atoms with Gasteiger partial charge < -0.3 is 0 Å². The third-order valence-corrected chi connectivity index (χ3v) is 4.29. The van der Waals surface area contributed by atoms with E-state index in [1.807, 2.05) is 24.3 Å². The van der Waals surface area contributed by atoms with E-state index in [2.05, 4.69) is 0 Å². The average Bonchev–Trinajstić information content (AvgIpc) is 2.27. The first-order valence-corrected chi connectivity index (χ1v) is 7.63. The van der Waals surface area contributed by atoms with E-state index in [0.29, 0.717) is 5.75 Å². The maximum absolute atomic E-state index is 10.5. The number of carboxylic acids is 1. The molecule has 0 saturated carbocycles. The van der Waals surface area contributed by atoms with Crippen molar-refractivity contribution in [3.05, 3.63) is 29.8 Å². The number of benzene rings is 1. The van der Waals surface area contributed by atoms with Gasteiger partial charge in [0, 0.05) is 0 Å². The Balaban J connectivity index is 2.48. The predicted octanol–water partition coefficient (Wildman–Crippen LogP) is 1.35. The van der Waals surface area contributed by atoms with Gasteiger partial charge in [-0.2, -0.15) is 0 Å². The maximum atomic E-state index is 10.5. The number of aliphatic carboxylic acids is 1. The van der Waals surface area contributed by atoms with Crippen LogP contribution in [0, 0.1) is 0 Å². The molecule has 0 heterocycles. The number of aliphatic hydroxyl groups is 1. The van der Waals surface area contributed by atoms with Gasteiger partial charge in [-0.15, -0.1) is 0 Å². The normalized spacial score (nSPS) is 12.4. The summed E-state index contributed by atoms with van der Waals surface area (Å²) in [6.07, 6.45) is -0.149. The number of carboxylic acid groups (broad SMARTS) is 1. The van der Waals surface area contributed by atoms with Gasteiger partial charge in [0.05, 0.1) is 0 Å². The van der Waals surface area contributed by atoms with E-state index in [4.69, 9.17) is 5.11 Å². The molecule has 0 fully saturated rings. The van der Waals surface area contributed by atoms with E-state index in [-0.39, 0.29) is 12.5 Å². The third-order valence-electron chi connectivity index (χ3n) is 2.19. The molecule has 2 N–H and O–H groups in total. The number of hydrogen-bond donors (Lipinski definition) is 2. The van der Waals surface area contributed by atoms with Crippen LogP contribution in [0.3, 0.4) is 0 Å². The Kier molecular flexibility index (Phi) is 6.46. The van der Waals surface area contributed by atoms with E-state index in [0.717, 1.165) is 42.1 Å².